The number of carbonyl (C=O) groups is 1. The molecular weight excluding hydrogens is 486 g/mol. The topological polar surface area (TPSA) is 88.1 Å². The summed E-state index contributed by atoms with van der Waals surface area (Å²) in [5.41, 5.74) is 5.42. The van der Waals surface area contributed by atoms with Gasteiger partial charge in [0.25, 0.3) is 15.9 Å². The lowest BCUT2D eigenvalue weighted by Crippen LogP contribution is -2.40. The molecule has 7 nitrogen and oxygen atoms in total. The Morgan fingerprint density at radius 3 is 2.40 bits per heavy atom. The van der Waals surface area contributed by atoms with Gasteiger partial charge >= 0.3 is 0 Å². The fraction of sp³-hybridized carbons (Fsp3) is 0.231. The van der Waals surface area contributed by atoms with Crippen LogP contribution in [0.5, 0.6) is 5.75 Å². The highest BCUT2D eigenvalue weighted by molar-refractivity contribution is 7.92. The molecule has 0 saturated heterocycles. The van der Waals surface area contributed by atoms with Crippen LogP contribution >= 0.6 is 11.6 Å². The molecule has 0 unspecified atom stereocenters. The fourth-order valence-electron chi connectivity index (χ4n) is 3.34. The number of carbonyl (C=O) groups excluding carboxylic acids is 1. The summed E-state index contributed by atoms with van der Waals surface area (Å²) in [7, 11) is -2.69. The normalized spacial score (nSPS) is 11.7. The number of benzene rings is 3. The summed E-state index contributed by atoms with van der Waals surface area (Å²) in [4.78, 5) is 12.9. The van der Waals surface area contributed by atoms with E-state index >= 15 is 0 Å². The van der Waals surface area contributed by atoms with Crippen LogP contribution in [-0.4, -0.2) is 33.7 Å². The van der Waals surface area contributed by atoms with Crippen molar-refractivity contribution in [1.82, 2.24) is 5.43 Å². The molecule has 184 valence electrons. The van der Waals surface area contributed by atoms with Gasteiger partial charge in [0.15, 0.2) is 0 Å². The van der Waals surface area contributed by atoms with Crippen LogP contribution in [0.2, 0.25) is 5.02 Å². The summed E-state index contributed by atoms with van der Waals surface area (Å²) < 4.78 is 33.5. The van der Waals surface area contributed by atoms with Gasteiger partial charge in [-0.05, 0) is 62.6 Å². The zero-order valence-corrected chi connectivity index (χ0v) is 21.4. The second-order valence-electron chi connectivity index (χ2n) is 8.01. The van der Waals surface area contributed by atoms with Crippen LogP contribution in [0.15, 0.2) is 82.8 Å². The van der Waals surface area contributed by atoms with E-state index in [0.29, 0.717) is 11.4 Å². The molecule has 0 heterocycles. The van der Waals surface area contributed by atoms with Crippen LogP contribution in [0.3, 0.4) is 0 Å². The summed E-state index contributed by atoms with van der Waals surface area (Å²) in [5, 5.41) is 4.46. The van der Waals surface area contributed by atoms with E-state index in [4.69, 9.17) is 16.3 Å². The molecule has 3 rings (SSSR count). The minimum absolute atomic E-state index is 0.0421. The Balaban J connectivity index is 1.83. The number of aryl methyl sites for hydroxylation is 2. The highest BCUT2D eigenvalue weighted by Crippen LogP contribution is 2.34. The first-order valence-electron chi connectivity index (χ1n) is 11.0. The largest absolute Gasteiger partial charge is 0.495 e. The smallest absolute Gasteiger partial charge is 0.264 e. The van der Waals surface area contributed by atoms with E-state index < -0.39 is 22.5 Å². The molecule has 0 spiro atoms. The van der Waals surface area contributed by atoms with Crippen LogP contribution in [0.25, 0.3) is 0 Å². The molecule has 35 heavy (non-hydrogen) atoms. The van der Waals surface area contributed by atoms with Gasteiger partial charge in [-0.25, -0.2) is 13.8 Å². The minimum Gasteiger partial charge on any atom is -0.495 e. The SMILES string of the molecule is COc1ccc(Cl)cc1N(CC(=O)N/N=C(/C)CCc1ccccc1)S(=O)(=O)c1ccc(C)cc1. The quantitative estimate of drug-likeness (QED) is 0.306. The molecule has 0 aromatic heterocycles. The van der Waals surface area contributed by atoms with Gasteiger partial charge in [0.2, 0.25) is 0 Å². The van der Waals surface area contributed by atoms with Gasteiger partial charge in [-0.1, -0.05) is 59.6 Å². The fourth-order valence-corrected chi connectivity index (χ4v) is 4.93. The minimum atomic E-state index is -4.11. The molecule has 0 fully saturated rings. The molecule has 0 aliphatic carbocycles. The number of hydrazone groups is 1. The summed E-state index contributed by atoms with van der Waals surface area (Å²) in [6.45, 7) is 3.16. The van der Waals surface area contributed by atoms with Gasteiger partial charge in [-0.2, -0.15) is 5.10 Å². The molecule has 1 amide bonds. The van der Waals surface area contributed by atoms with Crippen LogP contribution in [-0.2, 0) is 21.2 Å². The van der Waals surface area contributed by atoms with Crippen LogP contribution in [0, 0.1) is 6.92 Å². The number of methoxy groups -OCH3 is 1. The van der Waals surface area contributed by atoms with Crippen molar-refractivity contribution in [1.29, 1.82) is 0 Å². The molecule has 0 bridgehead atoms. The van der Waals surface area contributed by atoms with Crippen molar-refractivity contribution >= 4 is 38.9 Å². The lowest BCUT2D eigenvalue weighted by atomic mass is 10.1. The number of halogens is 1. The molecule has 3 aromatic carbocycles. The van der Waals surface area contributed by atoms with Gasteiger partial charge < -0.3 is 4.74 Å². The Morgan fingerprint density at radius 2 is 1.74 bits per heavy atom. The first-order valence-corrected chi connectivity index (χ1v) is 12.8. The third kappa shape index (κ3) is 7.07. The number of hydrogen-bond acceptors (Lipinski definition) is 5. The lowest BCUT2D eigenvalue weighted by Gasteiger charge is -2.25. The number of rotatable bonds is 10. The summed E-state index contributed by atoms with van der Waals surface area (Å²) in [5.74, 6) is -0.331. The summed E-state index contributed by atoms with van der Waals surface area (Å²) in [6, 6.07) is 20.9. The van der Waals surface area contributed by atoms with E-state index in [1.807, 2.05) is 44.2 Å². The molecule has 0 aliphatic rings. The van der Waals surface area contributed by atoms with E-state index in [0.717, 1.165) is 27.6 Å². The molecule has 3 aromatic rings. The molecule has 1 N–H and O–H groups in total. The molecule has 9 heteroatoms. The number of nitrogens with zero attached hydrogens (tertiary/aromatic N) is 2. The second kappa shape index (κ2) is 11.9. The zero-order chi connectivity index (χ0) is 25.4. The van der Waals surface area contributed by atoms with Crippen molar-refractivity contribution in [2.75, 3.05) is 18.0 Å². The van der Waals surface area contributed by atoms with E-state index in [1.54, 1.807) is 24.3 Å². The van der Waals surface area contributed by atoms with Gasteiger partial charge in [0.1, 0.15) is 12.3 Å². The highest BCUT2D eigenvalue weighted by atomic mass is 35.5. The van der Waals surface area contributed by atoms with Crippen molar-refractivity contribution < 1.29 is 17.9 Å². The predicted molar refractivity (Wildman–Crippen MR) is 140 cm³/mol. The number of amides is 1. The van der Waals surface area contributed by atoms with E-state index in [2.05, 4.69) is 10.5 Å². The number of anilines is 1. The average molecular weight is 514 g/mol. The Hall–Kier alpha value is -3.36. The Labute approximate surface area is 211 Å². The number of nitrogens with one attached hydrogen (secondary N) is 1. The maximum Gasteiger partial charge on any atom is 0.264 e. The van der Waals surface area contributed by atoms with Crippen molar-refractivity contribution in [3.8, 4) is 5.75 Å². The maximum atomic E-state index is 13.6. The maximum absolute atomic E-state index is 13.6. The Bertz CT molecular complexity index is 1290. The van der Waals surface area contributed by atoms with E-state index in [9.17, 15) is 13.2 Å². The van der Waals surface area contributed by atoms with Crippen molar-refractivity contribution in [2.45, 2.75) is 31.6 Å². The van der Waals surface area contributed by atoms with Crippen molar-refractivity contribution in [2.24, 2.45) is 5.10 Å². The summed E-state index contributed by atoms with van der Waals surface area (Å²) >= 11 is 6.16. The third-order valence-electron chi connectivity index (χ3n) is 5.30. The predicted octanol–water partition coefficient (Wildman–Crippen LogP) is 4.98. The van der Waals surface area contributed by atoms with Gasteiger partial charge in [-0.3, -0.25) is 9.10 Å². The van der Waals surface area contributed by atoms with Gasteiger partial charge in [-0.15, -0.1) is 0 Å². The Kier molecular flexibility index (Phi) is 8.89. The lowest BCUT2D eigenvalue weighted by molar-refractivity contribution is -0.119. The van der Waals surface area contributed by atoms with Crippen LogP contribution in [0.1, 0.15) is 24.5 Å². The number of sulfonamides is 1. The highest BCUT2D eigenvalue weighted by Gasteiger charge is 2.29. The van der Waals surface area contributed by atoms with E-state index in [1.165, 1.54) is 25.3 Å². The molecular formula is C26H28ClN3O4S. The monoisotopic (exact) mass is 513 g/mol. The first kappa shape index (κ1) is 26.2. The number of hydrogen-bond donors (Lipinski definition) is 1. The molecule has 0 saturated carbocycles. The third-order valence-corrected chi connectivity index (χ3v) is 7.30. The van der Waals surface area contributed by atoms with Gasteiger partial charge in [0, 0.05) is 10.7 Å². The summed E-state index contributed by atoms with van der Waals surface area (Å²) in [6.07, 6.45) is 1.43. The molecule has 0 atom stereocenters. The first-order chi connectivity index (χ1) is 16.7. The molecule has 0 radical (unpaired) electrons. The molecule has 0 aliphatic heterocycles. The van der Waals surface area contributed by atoms with Crippen molar-refractivity contribution in [3.05, 3.63) is 88.9 Å². The van der Waals surface area contributed by atoms with E-state index in [-0.39, 0.29) is 16.3 Å². The standard InChI is InChI=1S/C26H28ClN3O4S/c1-19-9-14-23(15-10-19)35(32,33)30(24-17-22(27)13-16-25(24)34-3)18-26(31)29-28-20(2)11-12-21-7-5-4-6-8-21/h4-10,13-17H,11-12,18H2,1-3H3,(H,29,31)/b28-20-. The zero-order valence-electron chi connectivity index (χ0n) is 19.9. The van der Waals surface area contributed by atoms with Crippen LogP contribution in [0.4, 0.5) is 5.69 Å². The van der Waals surface area contributed by atoms with Crippen molar-refractivity contribution in [3.63, 3.8) is 0 Å². The number of ether oxygens (including phenoxy) is 1. The van der Waals surface area contributed by atoms with Crippen LogP contribution < -0.4 is 14.5 Å². The second-order valence-corrected chi connectivity index (χ2v) is 10.3. The Morgan fingerprint density at radius 1 is 1.06 bits per heavy atom. The van der Waals surface area contributed by atoms with Gasteiger partial charge in [0.05, 0.1) is 17.7 Å². The average Bonchev–Trinajstić information content (AvgIpc) is 2.85.